The van der Waals surface area contributed by atoms with Crippen molar-refractivity contribution in [2.45, 2.75) is 20.8 Å². The Balaban J connectivity index is 4.11. The first kappa shape index (κ1) is 8.34. The Hall–Kier alpha value is -0.660. The van der Waals surface area contributed by atoms with Gasteiger partial charge in [0.05, 0.1) is 5.92 Å². The third kappa shape index (κ3) is 2.40. The van der Waals surface area contributed by atoms with E-state index in [0.717, 1.165) is 6.29 Å². The van der Waals surface area contributed by atoms with Crippen LogP contribution in [-0.2, 0) is 4.79 Å². The van der Waals surface area contributed by atoms with Crippen molar-refractivity contribution in [2.75, 3.05) is 0 Å². The minimum absolute atomic E-state index is 0.0938. The number of hydrogen-bond acceptors (Lipinski definition) is 2. The standard InChI is InChI=1S/C7H13NO/c1-7(2,3)6(4-8)5-9/h4-6,8H,1-3H3. The second kappa shape index (κ2) is 2.76. The summed E-state index contributed by atoms with van der Waals surface area (Å²) >= 11 is 0. The van der Waals surface area contributed by atoms with Crippen LogP contribution in [0.15, 0.2) is 0 Å². The van der Waals surface area contributed by atoms with Gasteiger partial charge < -0.3 is 10.2 Å². The fraction of sp³-hybridized carbons (Fsp3) is 0.714. The molecule has 9 heavy (non-hydrogen) atoms. The smallest absolute Gasteiger partial charge is 0.128 e. The molecule has 1 unspecified atom stereocenters. The van der Waals surface area contributed by atoms with Crippen molar-refractivity contribution in [2.24, 2.45) is 11.3 Å². The second-order valence-corrected chi connectivity index (χ2v) is 3.19. The fourth-order valence-corrected chi connectivity index (χ4v) is 0.493. The Morgan fingerprint density at radius 2 is 1.89 bits per heavy atom. The summed E-state index contributed by atoms with van der Waals surface area (Å²) in [6.45, 7) is 5.82. The molecule has 52 valence electrons. The van der Waals surface area contributed by atoms with E-state index in [2.05, 4.69) is 0 Å². The molecule has 0 rings (SSSR count). The Labute approximate surface area is 55.8 Å². The van der Waals surface area contributed by atoms with E-state index in [9.17, 15) is 4.79 Å². The second-order valence-electron chi connectivity index (χ2n) is 3.19. The van der Waals surface area contributed by atoms with Gasteiger partial charge in [-0.25, -0.2) is 0 Å². The van der Waals surface area contributed by atoms with Gasteiger partial charge >= 0.3 is 0 Å². The molecule has 0 saturated heterocycles. The number of aldehydes is 1. The van der Waals surface area contributed by atoms with Gasteiger partial charge in [0.25, 0.3) is 0 Å². The number of rotatable bonds is 2. The van der Waals surface area contributed by atoms with Crippen LogP contribution in [0.2, 0.25) is 0 Å². The Morgan fingerprint density at radius 3 is 1.89 bits per heavy atom. The van der Waals surface area contributed by atoms with Crippen LogP contribution in [0.1, 0.15) is 20.8 Å². The number of carbonyl (C=O) groups excluding carboxylic acids is 1. The van der Waals surface area contributed by atoms with Crippen molar-refractivity contribution < 1.29 is 4.79 Å². The average Bonchev–Trinajstić information content (AvgIpc) is 1.65. The predicted octanol–water partition coefficient (Wildman–Crippen LogP) is 1.50. The van der Waals surface area contributed by atoms with Crippen molar-refractivity contribution in [3.8, 4) is 0 Å². The molecule has 0 aromatic carbocycles. The SMILES string of the molecule is CC(C)(C)C(C=N)C=O. The molecule has 0 spiro atoms. The van der Waals surface area contributed by atoms with Gasteiger partial charge in [-0.05, 0) is 5.41 Å². The minimum atomic E-state index is -0.238. The average molecular weight is 127 g/mol. The van der Waals surface area contributed by atoms with Gasteiger partial charge in [-0.2, -0.15) is 0 Å². The summed E-state index contributed by atoms with van der Waals surface area (Å²) in [5.41, 5.74) is -0.0938. The lowest BCUT2D eigenvalue weighted by Gasteiger charge is -2.21. The summed E-state index contributed by atoms with van der Waals surface area (Å²) in [4.78, 5) is 10.2. The van der Waals surface area contributed by atoms with Gasteiger partial charge in [0, 0.05) is 6.21 Å². The van der Waals surface area contributed by atoms with Gasteiger partial charge in [0.15, 0.2) is 0 Å². The zero-order chi connectivity index (χ0) is 7.49. The first-order valence-corrected chi connectivity index (χ1v) is 2.98. The van der Waals surface area contributed by atoms with Crippen LogP contribution in [0.5, 0.6) is 0 Å². The zero-order valence-electron chi connectivity index (χ0n) is 6.14. The number of carbonyl (C=O) groups is 1. The molecule has 0 saturated carbocycles. The molecule has 2 heteroatoms. The number of nitrogens with one attached hydrogen (secondary N) is 1. The van der Waals surface area contributed by atoms with Crippen LogP contribution < -0.4 is 0 Å². The molecule has 0 aliphatic heterocycles. The molecule has 2 nitrogen and oxygen atoms in total. The van der Waals surface area contributed by atoms with Crippen LogP contribution in [0.25, 0.3) is 0 Å². The van der Waals surface area contributed by atoms with E-state index >= 15 is 0 Å². The van der Waals surface area contributed by atoms with Crippen molar-refractivity contribution in [3.63, 3.8) is 0 Å². The highest BCUT2D eigenvalue weighted by molar-refractivity contribution is 5.79. The maximum atomic E-state index is 10.2. The highest BCUT2D eigenvalue weighted by Gasteiger charge is 2.21. The van der Waals surface area contributed by atoms with Crippen LogP contribution in [0.4, 0.5) is 0 Å². The van der Waals surface area contributed by atoms with E-state index in [0.29, 0.717) is 0 Å². The monoisotopic (exact) mass is 127 g/mol. The van der Waals surface area contributed by atoms with Gasteiger partial charge in [-0.3, -0.25) is 0 Å². The third-order valence-electron chi connectivity index (χ3n) is 1.33. The molecule has 0 aromatic heterocycles. The molecule has 0 heterocycles. The first-order chi connectivity index (χ1) is 4.02. The Kier molecular flexibility index (Phi) is 2.56. The molecule has 0 radical (unpaired) electrons. The molecular weight excluding hydrogens is 114 g/mol. The molecule has 0 bridgehead atoms. The maximum absolute atomic E-state index is 10.2. The molecule has 0 aromatic rings. The summed E-state index contributed by atoms with van der Waals surface area (Å²) < 4.78 is 0. The molecule has 1 atom stereocenters. The fourth-order valence-electron chi connectivity index (χ4n) is 0.493. The van der Waals surface area contributed by atoms with E-state index in [-0.39, 0.29) is 11.3 Å². The summed E-state index contributed by atoms with van der Waals surface area (Å²) in [6, 6.07) is 0. The van der Waals surface area contributed by atoms with E-state index in [1.165, 1.54) is 6.21 Å². The predicted molar refractivity (Wildman–Crippen MR) is 37.8 cm³/mol. The van der Waals surface area contributed by atoms with E-state index in [1.54, 1.807) is 0 Å². The molecule has 1 N–H and O–H groups in total. The maximum Gasteiger partial charge on any atom is 0.128 e. The lowest BCUT2D eigenvalue weighted by Crippen LogP contribution is -2.22. The molecule has 0 aliphatic carbocycles. The van der Waals surface area contributed by atoms with E-state index in [4.69, 9.17) is 5.41 Å². The third-order valence-corrected chi connectivity index (χ3v) is 1.33. The largest absolute Gasteiger partial charge is 0.312 e. The quantitative estimate of drug-likeness (QED) is 0.443. The first-order valence-electron chi connectivity index (χ1n) is 2.98. The van der Waals surface area contributed by atoms with Gasteiger partial charge in [-0.15, -0.1) is 0 Å². The highest BCUT2D eigenvalue weighted by atomic mass is 16.1. The van der Waals surface area contributed by atoms with Crippen LogP contribution in [-0.4, -0.2) is 12.5 Å². The van der Waals surface area contributed by atoms with Crippen LogP contribution in [0, 0.1) is 16.7 Å². The summed E-state index contributed by atoms with van der Waals surface area (Å²) in [6.07, 6.45) is 2.00. The highest BCUT2D eigenvalue weighted by Crippen LogP contribution is 2.21. The van der Waals surface area contributed by atoms with Gasteiger partial charge in [-0.1, -0.05) is 20.8 Å². The summed E-state index contributed by atoms with van der Waals surface area (Å²) in [5, 5.41) is 6.86. The van der Waals surface area contributed by atoms with Crippen molar-refractivity contribution in [1.29, 1.82) is 5.41 Å². The molecule has 0 aliphatic rings. The molecular formula is C7H13NO. The molecule has 0 fully saturated rings. The Morgan fingerprint density at radius 1 is 1.44 bits per heavy atom. The summed E-state index contributed by atoms with van der Waals surface area (Å²) in [7, 11) is 0. The van der Waals surface area contributed by atoms with Gasteiger partial charge in [0.1, 0.15) is 6.29 Å². The van der Waals surface area contributed by atoms with E-state index in [1.807, 2.05) is 20.8 Å². The van der Waals surface area contributed by atoms with E-state index < -0.39 is 0 Å². The lowest BCUT2D eigenvalue weighted by atomic mass is 9.83. The minimum Gasteiger partial charge on any atom is -0.312 e. The normalized spacial score (nSPS) is 14.6. The van der Waals surface area contributed by atoms with Crippen LogP contribution >= 0.6 is 0 Å². The van der Waals surface area contributed by atoms with Gasteiger partial charge in [0.2, 0.25) is 0 Å². The summed E-state index contributed by atoms with van der Waals surface area (Å²) in [5.74, 6) is -0.238. The topological polar surface area (TPSA) is 40.9 Å². The zero-order valence-corrected chi connectivity index (χ0v) is 6.14. The Bertz CT molecular complexity index is 105. The van der Waals surface area contributed by atoms with Crippen molar-refractivity contribution in [3.05, 3.63) is 0 Å². The lowest BCUT2D eigenvalue weighted by molar-refractivity contribution is -0.111. The number of hydrogen-bond donors (Lipinski definition) is 1. The van der Waals surface area contributed by atoms with Crippen molar-refractivity contribution >= 4 is 12.5 Å². The van der Waals surface area contributed by atoms with Crippen molar-refractivity contribution in [1.82, 2.24) is 0 Å². The van der Waals surface area contributed by atoms with Crippen LogP contribution in [0.3, 0.4) is 0 Å². The molecule has 0 amide bonds.